The molecule has 0 bridgehead atoms. The first-order chi connectivity index (χ1) is 12.1. The van der Waals surface area contributed by atoms with Crippen molar-refractivity contribution in [1.82, 2.24) is 14.3 Å². The quantitative estimate of drug-likeness (QED) is 0.554. The van der Waals surface area contributed by atoms with E-state index in [0.29, 0.717) is 17.0 Å². The minimum absolute atomic E-state index is 0.256. The second-order valence-corrected chi connectivity index (χ2v) is 6.96. The van der Waals surface area contributed by atoms with Crippen molar-refractivity contribution in [3.63, 3.8) is 0 Å². The number of hydrogen-bond donors (Lipinski definition) is 0. The van der Waals surface area contributed by atoms with Crippen LogP contribution in [0.2, 0.25) is 0 Å². The van der Waals surface area contributed by atoms with Gasteiger partial charge in [-0.15, -0.1) is 0 Å². The van der Waals surface area contributed by atoms with E-state index >= 15 is 0 Å². The summed E-state index contributed by atoms with van der Waals surface area (Å²) < 4.78 is 4.82. The van der Waals surface area contributed by atoms with Crippen LogP contribution in [0.5, 0.6) is 0 Å². The second kappa shape index (κ2) is 5.97. The van der Waals surface area contributed by atoms with Crippen molar-refractivity contribution in [3.8, 4) is 0 Å². The fourth-order valence-electron chi connectivity index (χ4n) is 3.07. The molecule has 2 aromatic carbocycles. The SMILES string of the molecule is CCn1nc(C)cc1C(=O)N=c1sc2c3ccccc3ccc2n1C. The van der Waals surface area contributed by atoms with Crippen molar-refractivity contribution in [2.75, 3.05) is 0 Å². The number of carbonyl (C=O) groups excluding carboxylic acids is 1. The Morgan fingerprint density at radius 3 is 2.84 bits per heavy atom. The molecule has 1 amide bonds. The fourth-order valence-corrected chi connectivity index (χ4v) is 4.22. The molecule has 25 heavy (non-hydrogen) atoms. The topological polar surface area (TPSA) is 52.2 Å². The average molecular weight is 350 g/mol. The van der Waals surface area contributed by atoms with Crippen LogP contribution in [0.15, 0.2) is 47.5 Å². The Kier molecular flexibility index (Phi) is 3.77. The van der Waals surface area contributed by atoms with Crippen LogP contribution < -0.4 is 4.80 Å². The fraction of sp³-hybridized carbons (Fsp3) is 0.211. The molecule has 4 aromatic rings. The van der Waals surface area contributed by atoms with Crippen molar-refractivity contribution in [2.45, 2.75) is 20.4 Å². The molecule has 0 atom stereocenters. The minimum Gasteiger partial charge on any atom is -0.319 e. The van der Waals surface area contributed by atoms with Gasteiger partial charge in [0.05, 0.1) is 15.9 Å². The van der Waals surface area contributed by atoms with Gasteiger partial charge in [-0.3, -0.25) is 9.48 Å². The number of amides is 1. The lowest BCUT2D eigenvalue weighted by Crippen LogP contribution is -2.15. The normalized spacial score (nSPS) is 12.4. The molecule has 6 heteroatoms. The van der Waals surface area contributed by atoms with E-state index in [1.165, 1.54) is 10.8 Å². The van der Waals surface area contributed by atoms with Gasteiger partial charge in [0.25, 0.3) is 5.91 Å². The van der Waals surface area contributed by atoms with E-state index < -0.39 is 0 Å². The largest absolute Gasteiger partial charge is 0.319 e. The van der Waals surface area contributed by atoms with Gasteiger partial charge in [-0.05, 0) is 31.4 Å². The first kappa shape index (κ1) is 15.8. The summed E-state index contributed by atoms with van der Waals surface area (Å²) in [6, 6.07) is 14.2. The minimum atomic E-state index is -0.256. The van der Waals surface area contributed by atoms with Gasteiger partial charge in [-0.2, -0.15) is 10.1 Å². The average Bonchev–Trinajstić information content (AvgIpc) is 3.15. The summed E-state index contributed by atoms with van der Waals surface area (Å²) in [4.78, 5) is 17.7. The van der Waals surface area contributed by atoms with E-state index in [2.05, 4.69) is 34.4 Å². The zero-order valence-corrected chi connectivity index (χ0v) is 15.2. The second-order valence-electron chi connectivity index (χ2n) is 5.98. The molecule has 0 spiro atoms. The third-order valence-electron chi connectivity index (χ3n) is 4.32. The number of aryl methyl sites for hydroxylation is 3. The monoisotopic (exact) mass is 350 g/mol. The van der Waals surface area contributed by atoms with Crippen LogP contribution in [0.4, 0.5) is 0 Å². The van der Waals surface area contributed by atoms with E-state index in [0.717, 1.165) is 15.9 Å². The van der Waals surface area contributed by atoms with E-state index in [1.54, 1.807) is 22.1 Å². The Hall–Kier alpha value is -2.73. The summed E-state index contributed by atoms with van der Waals surface area (Å²) in [5.41, 5.74) is 2.44. The Balaban J connectivity index is 1.91. The number of thiazole rings is 1. The number of hydrogen-bond acceptors (Lipinski definition) is 3. The van der Waals surface area contributed by atoms with Gasteiger partial charge in [-0.25, -0.2) is 0 Å². The third kappa shape index (κ3) is 2.59. The molecule has 0 N–H and O–H groups in total. The molecule has 2 aromatic heterocycles. The number of fused-ring (bicyclic) bond motifs is 3. The highest BCUT2D eigenvalue weighted by Crippen LogP contribution is 2.27. The van der Waals surface area contributed by atoms with E-state index in [4.69, 9.17) is 0 Å². The summed E-state index contributed by atoms with van der Waals surface area (Å²) >= 11 is 1.54. The van der Waals surface area contributed by atoms with Gasteiger partial charge >= 0.3 is 0 Å². The summed E-state index contributed by atoms with van der Waals surface area (Å²) in [7, 11) is 1.95. The maximum atomic E-state index is 12.7. The Labute approximate surface area is 148 Å². The maximum absolute atomic E-state index is 12.7. The van der Waals surface area contributed by atoms with Crippen LogP contribution in [0, 0.1) is 6.92 Å². The summed E-state index contributed by atoms with van der Waals surface area (Å²) in [5.74, 6) is -0.256. The van der Waals surface area contributed by atoms with Crippen molar-refractivity contribution in [3.05, 3.63) is 58.7 Å². The van der Waals surface area contributed by atoms with Gasteiger partial charge in [0.2, 0.25) is 0 Å². The number of benzene rings is 2. The molecule has 0 unspecified atom stereocenters. The molecule has 2 heterocycles. The summed E-state index contributed by atoms with van der Waals surface area (Å²) in [6.45, 7) is 4.50. The van der Waals surface area contributed by atoms with Crippen LogP contribution >= 0.6 is 11.3 Å². The van der Waals surface area contributed by atoms with E-state index in [9.17, 15) is 4.79 Å². The lowest BCUT2D eigenvalue weighted by molar-refractivity contribution is 0.0988. The van der Waals surface area contributed by atoms with Crippen molar-refractivity contribution in [1.29, 1.82) is 0 Å². The molecule has 0 saturated heterocycles. The molecular weight excluding hydrogens is 332 g/mol. The first-order valence-electron chi connectivity index (χ1n) is 8.19. The van der Waals surface area contributed by atoms with Gasteiger partial charge in [0.1, 0.15) is 5.69 Å². The number of nitrogens with zero attached hydrogens (tertiary/aromatic N) is 4. The molecule has 126 valence electrons. The highest BCUT2D eigenvalue weighted by atomic mass is 32.1. The van der Waals surface area contributed by atoms with Crippen LogP contribution in [-0.4, -0.2) is 20.3 Å². The van der Waals surface area contributed by atoms with E-state index in [1.807, 2.05) is 37.6 Å². The lowest BCUT2D eigenvalue weighted by Gasteiger charge is -2.00. The molecule has 5 nitrogen and oxygen atoms in total. The van der Waals surface area contributed by atoms with Crippen LogP contribution in [0.25, 0.3) is 21.0 Å². The highest BCUT2D eigenvalue weighted by molar-refractivity contribution is 7.17. The summed E-state index contributed by atoms with van der Waals surface area (Å²) in [6.07, 6.45) is 0. The Morgan fingerprint density at radius 2 is 2.04 bits per heavy atom. The smallest absolute Gasteiger partial charge is 0.297 e. The number of rotatable bonds is 2. The predicted octanol–water partition coefficient (Wildman–Crippen LogP) is 3.66. The van der Waals surface area contributed by atoms with Crippen LogP contribution in [-0.2, 0) is 13.6 Å². The molecule has 4 rings (SSSR count). The highest BCUT2D eigenvalue weighted by Gasteiger charge is 2.14. The Bertz CT molecular complexity index is 1180. The molecule has 0 saturated carbocycles. The van der Waals surface area contributed by atoms with Gasteiger partial charge in [0, 0.05) is 19.0 Å². The van der Waals surface area contributed by atoms with Gasteiger partial charge in [0.15, 0.2) is 4.80 Å². The van der Waals surface area contributed by atoms with Gasteiger partial charge < -0.3 is 4.57 Å². The molecule has 0 aliphatic heterocycles. The molecule has 0 fully saturated rings. The Morgan fingerprint density at radius 1 is 1.24 bits per heavy atom. The van der Waals surface area contributed by atoms with Gasteiger partial charge in [-0.1, -0.05) is 41.7 Å². The molecule has 0 radical (unpaired) electrons. The zero-order chi connectivity index (χ0) is 17.6. The van der Waals surface area contributed by atoms with Crippen molar-refractivity contribution in [2.24, 2.45) is 12.0 Å². The zero-order valence-electron chi connectivity index (χ0n) is 14.4. The number of carbonyl (C=O) groups is 1. The van der Waals surface area contributed by atoms with Crippen molar-refractivity contribution >= 4 is 38.2 Å². The van der Waals surface area contributed by atoms with Crippen LogP contribution in [0.1, 0.15) is 23.1 Å². The maximum Gasteiger partial charge on any atom is 0.297 e. The van der Waals surface area contributed by atoms with E-state index in [-0.39, 0.29) is 5.91 Å². The first-order valence-corrected chi connectivity index (χ1v) is 9.01. The lowest BCUT2D eigenvalue weighted by atomic mass is 10.1. The molecule has 0 aliphatic rings. The summed E-state index contributed by atoms with van der Waals surface area (Å²) in [5, 5.41) is 6.70. The molecular formula is C19H18N4OS. The number of aromatic nitrogens is 3. The molecule has 0 aliphatic carbocycles. The standard InChI is InChI=1S/C19H18N4OS/c1-4-23-16(11-12(2)21-23)18(24)20-19-22(3)15-10-9-13-7-5-6-8-14(13)17(15)25-19/h5-11H,4H2,1-3H3. The van der Waals surface area contributed by atoms with Crippen molar-refractivity contribution < 1.29 is 4.79 Å². The third-order valence-corrected chi connectivity index (χ3v) is 5.50. The predicted molar refractivity (Wildman–Crippen MR) is 101 cm³/mol. The van der Waals surface area contributed by atoms with Crippen LogP contribution in [0.3, 0.4) is 0 Å².